The number of amides is 1. The van der Waals surface area contributed by atoms with Crippen molar-refractivity contribution >= 4 is 17.6 Å². The predicted octanol–water partition coefficient (Wildman–Crippen LogP) is 2.96. The monoisotopic (exact) mass is 348 g/mol. The van der Waals surface area contributed by atoms with Crippen LogP contribution in [0.2, 0.25) is 0 Å². The minimum atomic E-state index is -1.10. The third-order valence-electron chi connectivity index (χ3n) is 4.51. The van der Waals surface area contributed by atoms with Crippen molar-refractivity contribution < 1.29 is 14.7 Å². The van der Waals surface area contributed by atoms with Crippen molar-refractivity contribution in [2.24, 2.45) is 0 Å². The van der Waals surface area contributed by atoms with Crippen molar-refractivity contribution in [3.05, 3.63) is 54.2 Å². The van der Waals surface area contributed by atoms with Crippen LogP contribution in [-0.4, -0.2) is 38.9 Å². The maximum atomic E-state index is 11.8. The first-order valence-electron chi connectivity index (χ1n) is 8.29. The molecule has 130 valence electrons. The van der Waals surface area contributed by atoms with Crippen LogP contribution >= 0.6 is 0 Å². The maximum Gasteiger partial charge on any atom is 0.356 e. The van der Waals surface area contributed by atoms with Gasteiger partial charge >= 0.3 is 5.97 Å². The normalized spacial score (nSPS) is 14.0. The van der Waals surface area contributed by atoms with E-state index in [0.717, 1.165) is 29.8 Å². The van der Waals surface area contributed by atoms with Gasteiger partial charge in [-0.1, -0.05) is 41.6 Å². The van der Waals surface area contributed by atoms with Gasteiger partial charge in [-0.2, -0.15) is 0 Å². The lowest BCUT2D eigenvalue weighted by molar-refractivity contribution is -0.117. The van der Waals surface area contributed by atoms with E-state index in [2.05, 4.69) is 15.4 Å². The predicted molar refractivity (Wildman–Crippen MR) is 95.8 cm³/mol. The highest BCUT2D eigenvalue weighted by atomic mass is 16.4. The number of nitrogens with zero attached hydrogens (tertiary/aromatic N) is 3. The van der Waals surface area contributed by atoms with Crippen LogP contribution in [0.15, 0.2) is 48.5 Å². The fourth-order valence-electron chi connectivity index (χ4n) is 3.15. The van der Waals surface area contributed by atoms with Crippen LogP contribution in [0.5, 0.6) is 0 Å². The van der Waals surface area contributed by atoms with Gasteiger partial charge in [0.2, 0.25) is 5.91 Å². The zero-order chi connectivity index (χ0) is 18.1. The molecule has 0 unspecified atom stereocenters. The van der Waals surface area contributed by atoms with Gasteiger partial charge in [0.15, 0.2) is 5.69 Å². The van der Waals surface area contributed by atoms with Gasteiger partial charge in [0, 0.05) is 24.2 Å². The number of aromatic amines is 1. The van der Waals surface area contributed by atoms with Crippen LogP contribution in [0, 0.1) is 0 Å². The Labute approximate surface area is 149 Å². The molecule has 3 aromatic rings. The summed E-state index contributed by atoms with van der Waals surface area (Å²) in [4.78, 5) is 24.8. The van der Waals surface area contributed by atoms with Gasteiger partial charge in [-0.05, 0) is 29.7 Å². The summed E-state index contributed by atoms with van der Waals surface area (Å²) < 4.78 is 0. The SMILES string of the molecule is O=C(O)c1[nH]nnc1-c1ccc(-c2ccc(N3CCCC3=O)cc2)cc1. The van der Waals surface area contributed by atoms with Crippen molar-refractivity contribution in [2.45, 2.75) is 12.8 Å². The van der Waals surface area contributed by atoms with Gasteiger partial charge in [-0.25, -0.2) is 4.79 Å². The Balaban J connectivity index is 1.58. The van der Waals surface area contributed by atoms with E-state index in [4.69, 9.17) is 5.11 Å². The summed E-state index contributed by atoms with van der Waals surface area (Å²) in [6, 6.07) is 15.3. The molecule has 1 fully saturated rings. The number of carboxylic acid groups (broad SMARTS) is 1. The number of carbonyl (C=O) groups excluding carboxylic acids is 1. The van der Waals surface area contributed by atoms with Gasteiger partial charge in [-0.15, -0.1) is 5.10 Å². The molecule has 7 heteroatoms. The van der Waals surface area contributed by atoms with E-state index in [-0.39, 0.29) is 11.6 Å². The lowest BCUT2D eigenvalue weighted by Crippen LogP contribution is -2.23. The molecule has 7 nitrogen and oxygen atoms in total. The first kappa shape index (κ1) is 16.0. The van der Waals surface area contributed by atoms with E-state index in [9.17, 15) is 9.59 Å². The van der Waals surface area contributed by atoms with Crippen LogP contribution in [-0.2, 0) is 4.79 Å². The smallest absolute Gasteiger partial charge is 0.356 e. The number of nitrogens with one attached hydrogen (secondary N) is 1. The van der Waals surface area contributed by atoms with Gasteiger partial charge < -0.3 is 10.0 Å². The van der Waals surface area contributed by atoms with Crippen LogP contribution in [0.3, 0.4) is 0 Å². The first-order chi connectivity index (χ1) is 12.6. The maximum absolute atomic E-state index is 11.8. The van der Waals surface area contributed by atoms with E-state index in [1.165, 1.54) is 0 Å². The van der Waals surface area contributed by atoms with Gasteiger partial charge in [0.05, 0.1) is 0 Å². The molecule has 1 amide bonds. The molecular weight excluding hydrogens is 332 g/mol. The van der Waals surface area contributed by atoms with Gasteiger partial charge in [0.25, 0.3) is 0 Å². The number of aromatic carboxylic acids is 1. The summed E-state index contributed by atoms with van der Waals surface area (Å²) in [5.74, 6) is -0.926. The number of carbonyl (C=O) groups is 2. The molecule has 1 saturated heterocycles. The molecule has 1 aromatic heterocycles. The molecule has 1 aliphatic rings. The molecular formula is C19H16N4O3. The second-order valence-electron chi connectivity index (χ2n) is 6.11. The van der Waals surface area contributed by atoms with Crippen LogP contribution in [0.1, 0.15) is 23.3 Å². The van der Waals surface area contributed by atoms with E-state index in [1.54, 1.807) is 0 Å². The fourth-order valence-corrected chi connectivity index (χ4v) is 3.15. The molecule has 0 saturated carbocycles. The number of hydrogen-bond acceptors (Lipinski definition) is 4. The van der Waals surface area contributed by atoms with E-state index in [1.807, 2.05) is 53.4 Å². The number of hydrogen-bond donors (Lipinski definition) is 2. The van der Waals surface area contributed by atoms with Crippen LogP contribution in [0.25, 0.3) is 22.4 Å². The van der Waals surface area contributed by atoms with Gasteiger partial charge in [-0.3, -0.25) is 9.89 Å². The minimum absolute atomic E-state index is 0.0302. The summed E-state index contributed by atoms with van der Waals surface area (Å²) in [6.45, 7) is 0.774. The number of benzene rings is 2. The Morgan fingerprint density at radius 2 is 1.62 bits per heavy atom. The Hall–Kier alpha value is -3.48. The molecule has 26 heavy (non-hydrogen) atoms. The second-order valence-corrected chi connectivity index (χ2v) is 6.11. The highest BCUT2D eigenvalue weighted by Gasteiger charge is 2.21. The molecule has 0 atom stereocenters. The van der Waals surface area contributed by atoms with Crippen LogP contribution < -0.4 is 4.90 Å². The molecule has 2 N–H and O–H groups in total. The number of carboxylic acids is 1. The van der Waals surface area contributed by atoms with E-state index < -0.39 is 5.97 Å². The summed E-state index contributed by atoms with van der Waals surface area (Å²) in [7, 11) is 0. The van der Waals surface area contributed by atoms with Crippen molar-refractivity contribution in [1.82, 2.24) is 15.4 Å². The minimum Gasteiger partial charge on any atom is -0.476 e. The van der Waals surface area contributed by atoms with E-state index in [0.29, 0.717) is 17.7 Å². The Kier molecular flexibility index (Phi) is 3.96. The van der Waals surface area contributed by atoms with Gasteiger partial charge in [0.1, 0.15) is 5.69 Å². The van der Waals surface area contributed by atoms with Crippen molar-refractivity contribution in [2.75, 3.05) is 11.4 Å². The Morgan fingerprint density at radius 1 is 1.00 bits per heavy atom. The molecule has 4 rings (SSSR count). The quantitative estimate of drug-likeness (QED) is 0.755. The van der Waals surface area contributed by atoms with Crippen molar-refractivity contribution in [3.8, 4) is 22.4 Å². The Bertz CT molecular complexity index is 961. The third kappa shape index (κ3) is 2.83. The molecule has 2 heterocycles. The molecule has 0 aliphatic carbocycles. The summed E-state index contributed by atoms with van der Waals surface area (Å²) in [5, 5.41) is 19.0. The largest absolute Gasteiger partial charge is 0.476 e. The van der Waals surface area contributed by atoms with Crippen molar-refractivity contribution in [3.63, 3.8) is 0 Å². The first-order valence-corrected chi connectivity index (χ1v) is 8.29. The lowest BCUT2D eigenvalue weighted by atomic mass is 10.0. The number of rotatable bonds is 4. The highest BCUT2D eigenvalue weighted by molar-refractivity contribution is 5.95. The molecule has 2 aromatic carbocycles. The topological polar surface area (TPSA) is 99.2 Å². The zero-order valence-electron chi connectivity index (χ0n) is 13.8. The molecule has 0 bridgehead atoms. The molecule has 0 spiro atoms. The number of anilines is 1. The number of aromatic nitrogens is 3. The average molecular weight is 348 g/mol. The standard InChI is InChI=1S/C19H16N4O3/c24-16-2-1-11-23(16)15-9-7-13(8-10-15)12-3-5-14(6-4-12)17-18(19(25)26)21-22-20-17/h3-10H,1-2,11H2,(H,25,26)(H,20,21,22). The Morgan fingerprint density at radius 3 is 2.19 bits per heavy atom. The number of H-pyrrole nitrogens is 1. The lowest BCUT2D eigenvalue weighted by Gasteiger charge is -2.16. The third-order valence-corrected chi connectivity index (χ3v) is 4.51. The van der Waals surface area contributed by atoms with Crippen LogP contribution in [0.4, 0.5) is 5.69 Å². The molecule has 1 aliphatic heterocycles. The average Bonchev–Trinajstić information content (AvgIpc) is 3.31. The zero-order valence-corrected chi connectivity index (χ0v) is 13.8. The van der Waals surface area contributed by atoms with Crippen molar-refractivity contribution in [1.29, 1.82) is 0 Å². The summed E-state index contributed by atoms with van der Waals surface area (Å²) in [6.07, 6.45) is 1.52. The summed E-state index contributed by atoms with van der Waals surface area (Å²) in [5.41, 5.74) is 3.89. The second kappa shape index (κ2) is 6.44. The summed E-state index contributed by atoms with van der Waals surface area (Å²) >= 11 is 0. The highest BCUT2D eigenvalue weighted by Crippen LogP contribution is 2.28. The molecule has 0 radical (unpaired) electrons. The van der Waals surface area contributed by atoms with E-state index >= 15 is 0 Å². The fraction of sp³-hybridized carbons (Fsp3) is 0.158.